The zero-order chi connectivity index (χ0) is 12.7. The Morgan fingerprint density at radius 3 is 2.76 bits per heavy atom. The normalized spacial score (nSPS) is 13.2. The lowest BCUT2D eigenvalue weighted by Gasteiger charge is -2.06. The van der Waals surface area contributed by atoms with Crippen LogP contribution in [0.25, 0.3) is 0 Å². The Kier molecular flexibility index (Phi) is 6.27. The summed E-state index contributed by atoms with van der Waals surface area (Å²) in [5.41, 5.74) is 0. The Balaban J connectivity index is 2.21. The number of hydrogen-bond acceptors (Lipinski definition) is 3. The Hall–Kier alpha value is -0.830. The number of aromatic nitrogens is 1. The van der Waals surface area contributed by atoms with E-state index in [1.165, 1.54) is 0 Å². The van der Waals surface area contributed by atoms with Crippen molar-refractivity contribution in [3.8, 4) is 0 Å². The first-order chi connectivity index (χ1) is 8.13. The van der Waals surface area contributed by atoms with E-state index < -0.39 is 0 Å². The van der Waals surface area contributed by atoms with Crippen LogP contribution in [0.1, 0.15) is 58.1 Å². The van der Waals surface area contributed by atoms with Crippen molar-refractivity contribution in [1.29, 1.82) is 0 Å². The molecule has 98 valence electrons. The topological polar surface area (TPSA) is 38.1 Å². The molecular formula is C14H26N2O. The first-order valence-corrected chi connectivity index (χ1v) is 6.78. The summed E-state index contributed by atoms with van der Waals surface area (Å²) in [5.74, 6) is 3.10. The number of oxazole rings is 1. The van der Waals surface area contributed by atoms with Crippen LogP contribution in [-0.4, -0.2) is 18.1 Å². The minimum atomic E-state index is 0.482. The lowest BCUT2D eigenvalue weighted by atomic mass is 10.1. The molecule has 0 aliphatic carbocycles. The van der Waals surface area contributed by atoms with Crippen molar-refractivity contribution < 1.29 is 4.42 Å². The number of rotatable bonds is 8. The number of aryl methyl sites for hydroxylation is 1. The Bertz CT molecular complexity index is 307. The van der Waals surface area contributed by atoms with Crippen LogP contribution in [0, 0.1) is 5.92 Å². The summed E-state index contributed by atoms with van der Waals surface area (Å²) in [6, 6.07) is 0. The van der Waals surface area contributed by atoms with Crippen molar-refractivity contribution in [2.45, 2.75) is 52.9 Å². The smallest absolute Gasteiger partial charge is 0.194 e. The summed E-state index contributed by atoms with van der Waals surface area (Å²) in [7, 11) is 0. The van der Waals surface area contributed by atoms with Crippen molar-refractivity contribution in [2.24, 2.45) is 5.92 Å². The predicted octanol–water partition coefficient (Wildman–Crippen LogP) is 3.37. The molecule has 1 atom stereocenters. The van der Waals surface area contributed by atoms with E-state index in [1.54, 1.807) is 0 Å². The van der Waals surface area contributed by atoms with E-state index >= 15 is 0 Å². The molecule has 0 aliphatic rings. The molecule has 1 unspecified atom stereocenters. The van der Waals surface area contributed by atoms with Gasteiger partial charge in [-0.15, -0.1) is 0 Å². The monoisotopic (exact) mass is 238 g/mol. The molecule has 1 rings (SSSR count). The summed E-state index contributed by atoms with van der Waals surface area (Å²) in [6.45, 7) is 10.9. The summed E-state index contributed by atoms with van der Waals surface area (Å²) >= 11 is 0. The van der Waals surface area contributed by atoms with Crippen LogP contribution in [0.2, 0.25) is 0 Å². The largest absolute Gasteiger partial charge is 0.445 e. The van der Waals surface area contributed by atoms with Crippen LogP contribution in [0.4, 0.5) is 0 Å². The fourth-order valence-electron chi connectivity index (χ4n) is 1.62. The van der Waals surface area contributed by atoms with E-state index in [-0.39, 0.29) is 0 Å². The average molecular weight is 238 g/mol. The molecule has 0 radical (unpaired) electrons. The average Bonchev–Trinajstić information content (AvgIpc) is 2.76. The van der Waals surface area contributed by atoms with Gasteiger partial charge in [0.05, 0.1) is 6.20 Å². The van der Waals surface area contributed by atoms with Gasteiger partial charge in [-0.25, -0.2) is 4.98 Å². The van der Waals surface area contributed by atoms with Gasteiger partial charge in [-0.1, -0.05) is 27.7 Å². The standard InChI is InChI=1S/C14H26N2O/c1-5-12(4)13-10-16-14(17-13)7-6-8-15-9-11(2)3/h10-12,15H,5-9H2,1-4H3. The maximum atomic E-state index is 5.73. The fourth-order valence-corrected chi connectivity index (χ4v) is 1.62. The molecule has 0 saturated heterocycles. The van der Waals surface area contributed by atoms with Gasteiger partial charge in [0.25, 0.3) is 0 Å². The second kappa shape index (κ2) is 7.49. The maximum Gasteiger partial charge on any atom is 0.194 e. The van der Waals surface area contributed by atoms with Gasteiger partial charge in [0.2, 0.25) is 0 Å². The van der Waals surface area contributed by atoms with Gasteiger partial charge in [-0.05, 0) is 31.8 Å². The highest BCUT2D eigenvalue weighted by Crippen LogP contribution is 2.19. The molecule has 0 bridgehead atoms. The molecule has 17 heavy (non-hydrogen) atoms. The van der Waals surface area contributed by atoms with E-state index in [2.05, 4.69) is 38.0 Å². The lowest BCUT2D eigenvalue weighted by molar-refractivity contribution is 0.420. The zero-order valence-corrected chi connectivity index (χ0v) is 11.6. The van der Waals surface area contributed by atoms with Gasteiger partial charge >= 0.3 is 0 Å². The van der Waals surface area contributed by atoms with Crippen molar-refractivity contribution >= 4 is 0 Å². The molecule has 0 aliphatic heterocycles. The number of nitrogens with one attached hydrogen (secondary N) is 1. The Morgan fingerprint density at radius 1 is 1.35 bits per heavy atom. The van der Waals surface area contributed by atoms with Crippen molar-refractivity contribution in [3.05, 3.63) is 17.8 Å². The SMILES string of the molecule is CCC(C)c1cnc(CCCNCC(C)C)o1. The first kappa shape index (κ1) is 14.2. The number of nitrogens with zero attached hydrogens (tertiary/aromatic N) is 1. The Labute approximate surface area is 105 Å². The second-order valence-electron chi connectivity index (χ2n) is 5.17. The molecule has 0 fully saturated rings. The summed E-state index contributed by atoms with van der Waals surface area (Å²) in [5, 5.41) is 3.43. The first-order valence-electron chi connectivity index (χ1n) is 6.78. The lowest BCUT2D eigenvalue weighted by Crippen LogP contribution is -2.21. The molecule has 0 aromatic carbocycles. The molecule has 1 aromatic heterocycles. The third-order valence-electron chi connectivity index (χ3n) is 2.97. The van der Waals surface area contributed by atoms with E-state index in [9.17, 15) is 0 Å². The third kappa shape index (κ3) is 5.35. The fraction of sp³-hybridized carbons (Fsp3) is 0.786. The number of hydrogen-bond donors (Lipinski definition) is 1. The van der Waals surface area contributed by atoms with Crippen LogP contribution < -0.4 is 5.32 Å². The quantitative estimate of drug-likeness (QED) is 0.706. The van der Waals surface area contributed by atoms with Gasteiger partial charge in [0.15, 0.2) is 5.89 Å². The zero-order valence-electron chi connectivity index (χ0n) is 11.6. The minimum Gasteiger partial charge on any atom is -0.445 e. The van der Waals surface area contributed by atoms with E-state index in [1.807, 2.05) is 6.20 Å². The van der Waals surface area contributed by atoms with E-state index in [4.69, 9.17) is 4.42 Å². The molecule has 0 saturated carbocycles. The molecule has 3 nitrogen and oxygen atoms in total. The highest BCUT2D eigenvalue weighted by Gasteiger charge is 2.09. The molecule has 1 N–H and O–H groups in total. The van der Waals surface area contributed by atoms with Crippen molar-refractivity contribution in [2.75, 3.05) is 13.1 Å². The minimum absolute atomic E-state index is 0.482. The van der Waals surface area contributed by atoms with Crippen molar-refractivity contribution in [1.82, 2.24) is 10.3 Å². The van der Waals surface area contributed by atoms with E-state index in [0.717, 1.165) is 44.0 Å². The van der Waals surface area contributed by atoms with Gasteiger partial charge in [0, 0.05) is 12.3 Å². The van der Waals surface area contributed by atoms with E-state index in [0.29, 0.717) is 11.8 Å². The molecule has 3 heteroatoms. The van der Waals surface area contributed by atoms with Crippen LogP contribution in [0.15, 0.2) is 10.6 Å². The summed E-state index contributed by atoms with van der Waals surface area (Å²) < 4.78 is 5.73. The maximum absolute atomic E-state index is 5.73. The van der Waals surface area contributed by atoms with Crippen LogP contribution >= 0.6 is 0 Å². The van der Waals surface area contributed by atoms with Gasteiger partial charge in [0.1, 0.15) is 5.76 Å². The summed E-state index contributed by atoms with van der Waals surface area (Å²) in [6.07, 6.45) is 5.00. The molecule has 0 amide bonds. The summed E-state index contributed by atoms with van der Waals surface area (Å²) in [4.78, 5) is 4.32. The second-order valence-corrected chi connectivity index (χ2v) is 5.17. The molecule has 1 aromatic rings. The van der Waals surface area contributed by atoms with Gasteiger partial charge in [-0.3, -0.25) is 0 Å². The van der Waals surface area contributed by atoms with Crippen molar-refractivity contribution in [3.63, 3.8) is 0 Å². The third-order valence-corrected chi connectivity index (χ3v) is 2.97. The Morgan fingerprint density at radius 2 is 2.12 bits per heavy atom. The highest BCUT2D eigenvalue weighted by atomic mass is 16.4. The van der Waals surface area contributed by atoms with Gasteiger partial charge in [-0.2, -0.15) is 0 Å². The van der Waals surface area contributed by atoms with Crippen LogP contribution in [0.5, 0.6) is 0 Å². The highest BCUT2D eigenvalue weighted by molar-refractivity contribution is 5.00. The van der Waals surface area contributed by atoms with Crippen LogP contribution in [0.3, 0.4) is 0 Å². The molecular weight excluding hydrogens is 212 g/mol. The molecule has 1 heterocycles. The predicted molar refractivity (Wildman–Crippen MR) is 71.2 cm³/mol. The van der Waals surface area contributed by atoms with Gasteiger partial charge < -0.3 is 9.73 Å². The van der Waals surface area contributed by atoms with Crippen LogP contribution in [-0.2, 0) is 6.42 Å². The molecule has 0 spiro atoms.